The monoisotopic (exact) mass is 259 g/mol. The first kappa shape index (κ1) is 13.0. The van der Waals surface area contributed by atoms with Gasteiger partial charge in [-0.25, -0.2) is 4.79 Å². The van der Waals surface area contributed by atoms with E-state index in [0.29, 0.717) is 17.9 Å². The van der Waals surface area contributed by atoms with Gasteiger partial charge in [0.25, 0.3) is 0 Å². The van der Waals surface area contributed by atoms with Gasteiger partial charge in [0.1, 0.15) is 5.60 Å². The quantitative estimate of drug-likeness (QED) is 0.774. The van der Waals surface area contributed by atoms with E-state index in [2.05, 4.69) is 5.32 Å². The lowest BCUT2D eigenvalue weighted by molar-refractivity contribution is 0.0385. The molecule has 0 aromatic carbocycles. The van der Waals surface area contributed by atoms with Crippen molar-refractivity contribution < 1.29 is 9.53 Å². The molecule has 2 saturated carbocycles. The molecule has 17 heavy (non-hydrogen) atoms. The minimum atomic E-state index is -0.415. The van der Waals surface area contributed by atoms with Crippen molar-refractivity contribution in [3.63, 3.8) is 0 Å². The summed E-state index contributed by atoms with van der Waals surface area (Å²) in [5, 5.41) is 2.98. The predicted molar refractivity (Wildman–Crippen MR) is 68.2 cm³/mol. The highest BCUT2D eigenvalue weighted by Crippen LogP contribution is 2.49. The topological polar surface area (TPSA) is 38.3 Å². The van der Waals surface area contributed by atoms with Crippen LogP contribution in [0.4, 0.5) is 4.79 Å². The summed E-state index contributed by atoms with van der Waals surface area (Å²) in [5.74, 6) is 2.81. The van der Waals surface area contributed by atoms with Crippen molar-refractivity contribution in [2.24, 2.45) is 17.8 Å². The van der Waals surface area contributed by atoms with Gasteiger partial charge in [0.15, 0.2) is 0 Å². The number of halogens is 1. The molecule has 0 saturated heterocycles. The normalized spacial score (nSPS) is 36.0. The average Bonchev–Trinajstić information content (AvgIpc) is 2.49. The molecule has 0 aromatic heterocycles. The second kappa shape index (κ2) is 4.68. The average molecular weight is 260 g/mol. The molecule has 0 heterocycles. The minimum absolute atomic E-state index is 0.282. The molecule has 0 spiro atoms. The predicted octanol–water partition coefficient (Wildman–Crippen LogP) is 3.16. The van der Waals surface area contributed by atoms with Gasteiger partial charge in [0.05, 0.1) is 0 Å². The fourth-order valence-corrected chi connectivity index (χ4v) is 3.35. The lowest BCUT2D eigenvalue weighted by atomic mass is 9.71. The van der Waals surface area contributed by atoms with Crippen molar-refractivity contribution in [3.05, 3.63) is 0 Å². The van der Waals surface area contributed by atoms with Crippen molar-refractivity contribution in [1.82, 2.24) is 5.32 Å². The summed E-state index contributed by atoms with van der Waals surface area (Å²) in [4.78, 5) is 11.6. The molecule has 4 heteroatoms. The molecule has 0 radical (unpaired) electrons. The molecule has 0 bridgehead atoms. The van der Waals surface area contributed by atoms with Crippen molar-refractivity contribution in [3.8, 4) is 0 Å². The Bertz CT molecular complexity index is 300. The first-order valence-electron chi connectivity index (χ1n) is 6.44. The van der Waals surface area contributed by atoms with Crippen molar-refractivity contribution in [2.75, 3.05) is 5.88 Å². The highest BCUT2D eigenvalue weighted by molar-refractivity contribution is 6.18. The van der Waals surface area contributed by atoms with Crippen LogP contribution >= 0.6 is 11.6 Å². The molecule has 0 aromatic rings. The van der Waals surface area contributed by atoms with Crippen LogP contribution in [0.15, 0.2) is 0 Å². The van der Waals surface area contributed by atoms with Gasteiger partial charge in [-0.05, 0) is 57.8 Å². The molecule has 2 fully saturated rings. The Labute approximate surface area is 108 Å². The Balaban J connectivity index is 1.77. The zero-order valence-corrected chi connectivity index (χ0v) is 11.6. The van der Waals surface area contributed by atoms with Crippen molar-refractivity contribution in [2.45, 2.75) is 51.7 Å². The standard InChI is InChI=1S/C13H22ClNO2/c1-13(2,3)17-12(16)15-11-6-9-4-8(7-14)5-10(9)11/h8-11H,4-7H2,1-3H3,(H,15,16). The molecule has 98 valence electrons. The van der Waals surface area contributed by atoms with E-state index in [-0.39, 0.29) is 6.09 Å². The molecule has 4 atom stereocenters. The van der Waals surface area contributed by atoms with Crippen LogP contribution in [0.25, 0.3) is 0 Å². The molecule has 0 aliphatic heterocycles. The highest BCUT2D eigenvalue weighted by Gasteiger charge is 2.48. The number of alkyl halides is 1. The maximum atomic E-state index is 11.6. The largest absolute Gasteiger partial charge is 0.444 e. The molecular weight excluding hydrogens is 238 g/mol. The molecule has 1 N–H and O–H groups in total. The first-order chi connectivity index (χ1) is 7.89. The van der Waals surface area contributed by atoms with Crippen molar-refractivity contribution >= 4 is 17.7 Å². The van der Waals surface area contributed by atoms with Gasteiger partial charge in [-0.15, -0.1) is 11.6 Å². The summed E-state index contributed by atoms with van der Waals surface area (Å²) in [6, 6.07) is 0.308. The van der Waals surface area contributed by atoms with Crippen LogP contribution in [0.1, 0.15) is 40.0 Å². The van der Waals surface area contributed by atoms with Crippen LogP contribution in [-0.2, 0) is 4.74 Å². The Morgan fingerprint density at radius 3 is 2.65 bits per heavy atom. The number of alkyl carbamates (subject to hydrolysis) is 1. The van der Waals surface area contributed by atoms with Gasteiger partial charge in [0, 0.05) is 11.9 Å². The molecule has 1 amide bonds. The van der Waals surface area contributed by atoms with E-state index in [9.17, 15) is 4.79 Å². The molecule has 2 aliphatic carbocycles. The van der Waals surface area contributed by atoms with Gasteiger partial charge >= 0.3 is 6.09 Å². The number of ether oxygens (including phenoxy) is 1. The summed E-state index contributed by atoms with van der Waals surface area (Å²) in [7, 11) is 0. The third kappa shape index (κ3) is 3.06. The third-order valence-electron chi connectivity index (χ3n) is 3.84. The number of hydrogen-bond acceptors (Lipinski definition) is 2. The second-order valence-electron chi connectivity index (χ2n) is 6.40. The fourth-order valence-electron chi connectivity index (χ4n) is 3.10. The maximum absolute atomic E-state index is 11.6. The van der Waals surface area contributed by atoms with Crippen LogP contribution in [0, 0.1) is 17.8 Å². The third-order valence-corrected chi connectivity index (χ3v) is 4.28. The molecule has 3 nitrogen and oxygen atoms in total. The fraction of sp³-hybridized carbons (Fsp3) is 0.923. The van der Waals surface area contributed by atoms with Crippen molar-refractivity contribution in [1.29, 1.82) is 0 Å². The smallest absolute Gasteiger partial charge is 0.407 e. The van der Waals surface area contributed by atoms with Gasteiger partial charge in [-0.1, -0.05) is 0 Å². The van der Waals surface area contributed by atoms with Crippen LogP contribution in [0.2, 0.25) is 0 Å². The molecule has 2 aliphatic rings. The Morgan fingerprint density at radius 1 is 1.35 bits per heavy atom. The summed E-state index contributed by atoms with van der Waals surface area (Å²) in [6.07, 6.45) is 3.21. The SMILES string of the molecule is CC(C)(C)OC(=O)NC1CC2CC(CCl)CC21. The number of carbonyl (C=O) groups is 1. The van der Waals surface area contributed by atoms with E-state index >= 15 is 0 Å². The van der Waals surface area contributed by atoms with E-state index in [4.69, 9.17) is 16.3 Å². The van der Waals surface area contributed by atoms with E-state index in [1.54, 1.807) is 0 Å². The minimum Gasteiger partial charge on any atom is -0.444 e. The molecular formula is C13H22ClNO2. The summed E-state index contributed by atoms with van der Waals surface area (Å²) in [6.45, 7) is 5.65. The number of rotatable bonds is 2. The number of nitrogens with one attached hydrogen (secondary N) is 1. The van der Waals surface area contributed by atoms with Gasteiger partial charge in [-0.2, -0.15) is 0 Å². The summed E-state index contributed by atoms with van der Waals surface area (Å²) in [5.41, 5.74) is -0.415. The van der Waals surface area contributed by atoms with E-state index in [1.807, 2.05) is 20.8 Å². The number of amides is 1. The Morgan fingerprint density at radius 2 is 2.06 bits per heavy atom. The van der Waals surface area contributed by atoms with Crippen LogP contribution in [0.5, 0.6) is 0 Å². The lowest BCUT2D eigenvalue weighted by Gasteiger charge is -2.40. The van der Waals surface area contributed by atoms with Crippen LogP contribution in [0.3, 0.4) is 0 Å². The maximum Gasteiger partial charge on any atom is 0.407 e. The van der Waals surface area contributed by atoms with E-state index in [1.165, 1.54) is 6.42 Å². The Hall–Kier alpha value is -0.440. The zero-order chi connectivity index (χ0) is 12.6. The molecule has 4 unspecified atom stereocenters. The zero-order valence-electron chi connectivity index (χ0n) is 10.8. The summed E-state index contributed by atoms with van der Waals surface area (Å²) < 4.78 is 5.27. The molecule has 2 rings (SSSR count). The number of hydrogen-bond donors (Lipinski definition) is 1. The first-order valence-corrected chi connectivity index (χ1v) is 6.98. The van der Waals surface area contributed by atoms with E-state index < -0.39 is 5.60 Å². The Kier molecular flexibility index (Phi) is 3.58. The summed E-state index contributed by atoms with van der Waals surface area (Å²) >= 11 is 5.89. The van der Waals surface area contributed by atoms with Gasteiger partial charge in [-0.3, -0.25) is 0 Å². The highest BCUT2D eigenvalue weighted by atomic mass is 35.5. The van der Waals surface area contributed by atoms with Gasteiger partial charge < -0.3 is 10.1 Å². The number of fused-ring (bicyclic) bond motifs is 1. The lowest BCUT2D eigenvalue weighted by Crippen LogP contribution is -2.51. The second-order valence-corrected chi connectivity index (χ2v) is 6.71. The van der Waals surface area contributed by atoms with E-state index in [0.717, 1.165) is 24.6 Å². The van der Waals surface area contributed by atoms with Crippen LogP contribution in [-0.4, -0.2) is 23.6 Å². The van der Waals surface area contributed by atoms with Gasteiger partial charge in [0.2, 0.25) is 0 Å². The van der Waals surface area contributed by atoms with Crippen LogP contribution < -0.4 is 5.32 Å². The number of carbonyl (C=O) groups excluding carboxylic acids is 1.